The Kier molecular flexibility index (Phi) is 8.24. The number of nitrogens with zero attached hydrogens (tertiary/aromatic N) is 3. The van der Waals surface area contributed by atoms with Crippen LogP contribution in [-0.4, -0.2) is 48.5 Å². The van der Waals surface area contributed by atoms with Crippen molar-refractivity contribution in [2.75, 3.05) is 13.7 Å². The first-order valence-corrected chi connectivity index (χ1v) is 13.7. The molecule has 1 aliphatic heterocycles. The van der Waals surface area contributed by atoms with E-state index in [0.717, 1.165) is 35.2 Å². The number of methoxy groups -OCH3 is 1. The molecule has 1 atom stereocenters. The summed E-state index contributed by atoms with van der Waals surface area (Å²) in [6.07, 6.45) is 1.94. The molecular weight excluding hydrogens is 549 g/mol. The third kappa shape index (κ3) is 5.41. The van der Waals surface area contributed by atoms with Gasteiger partial charge in [-0.1, -0.05) is 6.92 Å². The summed E-state index contributed by atoms with van der Waals surface area (Å²) < 4.78 is 64.3. The number of sulfone groups is 1. The van der Waals surface area contributed by atoms with Crippen LogP contribution in [0.3, 0.4) is 0 Å². The number of carbonyl (C=O) groups excluding carboxylic acids is 1. The third-order valence-corrected chi connectivity index (χ3v) is 8.14. The smallest absolute Gasteiger partial charge is 0.251 e. The fourth-order valence-corrected chi connectivity index (χ4v) is 5.59. The van der Waals surface area contributed by atoms with E-state index >= 15 is 0 Å². The van der Waals surface area contributed by atoms with Gasteiger partial charge in [0.2, 0.25) is 21.2 Å². The summed E-state index contributed by atoms with van der Waals surface area (Å²) in [6, 6.07) is 11.0. The van der Waals surface area contributed by atoms with Gasteiger partial charge in [-0.2, -0.15) is 0 Å². The van der Waals surface area contributed by atoms with Crippen LogP contribution in [0.4, 0.5) is 13.5 Å². The van der Waals surface area contributed by atoms with Gasteiger partial charge in [0.05, 0.1) is 42.7 Å². The SMILES string of the molecule is CCc1ccc(-c2ccc3cnc(CNC(=O)c4cc(F)c5c(c4)S(=O)(=O)[C@@H](F)CCO5)cc3n2)c(OC)n1.F.[HH]. The van der Waals surface area contributed by atoms with Gasteiger partial charge >= 0.3 is 0 Å². The summed E-state index contributed by atoms with van der Waals surface area (Å²) in [4.78, 5) is 25.6. The van der Waals surface area contributed by atoms with E-state index in [2.05, 4.69) is 15.3 Å². The van der Waals surface area contributed by atoms with Crippen LogP contribution >= 0.6 is 0 Å². The summed E-state index contributed by atoms with van der Waals surface area (Å²) in [6.45, 7) is 1.65. The molecule has 9 nitrogen and oxygen atoms in total. The zero-order valence-corrected chi connectivity index (χ0v) is 22.3. The van der Waals surface area contributed by atoms with E-state index in [1.54, 1.807) is 19.4 Å². The average Bonchev–Trinajstić information content (AvgIpc) is 3.06. The van der Waals surface area contributed by atoms with E-state index in [-0.39, 0.29) is 24.8 Å². The number of halogens is 3. The highest BCUT2D eigenvalue weighted by Gasteiger charge is 2.35. The molecule has 1 N–H and O–H groups in total. The van der Waals surface area contributed by atoms with Crippen LogP contribution in [0.15, 0.2) is 53.6 Å². The fraction of sp³-hybridized carbons (Fsp3) is 0.259. The number of alkyl halides is 1. The first-order valence-electron chi connectivity index (χ1n) is 12.1. The molecule has 0 spiro atoms. The summed E-state index contributed by atoms with van der Waals surface area (Å²) in [5.41, 5.74) is 0.791. The molecule has 0 radical (unpaired) electrons. The lowest BCUT2D eigenvalue weighted by Gasteiger charge is -2.12. The summed E-state index contributed by atoms with van der Waals surface area (Å²) in [7, 11) is -2.96. The van der Waals surface area contributed by atoms with E-state index in [0.29, 0.717) is 22.8 Å². The topological polar surface area (TPSA) is 120 Å². The van der Waals surface area contributed by atoms with Crippen molar-refractivity contribution in [1.82, 2.24) is 20.3 Å². The maximum absolute atomic E-state index is 14.6. The summed E-state index contributed by atoms with van der Waals surface area (Å²) in [5, 5.41) is 3.36. The van der Waals surface area contributed by atoms with Gasteiger partial charge in [0, 0.05) is 30.7 Å². The maximum Gasteiger partial charge on any atom is 0.251 e. The lowest BCUT2D eigenvalue weighted by molar-refractivity contribution is 0.0949. The molecule has 0 bridgehead atoms. The lowest BCUT2D eigenvalue weighted by Crippen LogP contribution is -2.24. The number of nitrogens with one attached hydrogen (secondary N) is 1. The fourth-order valence-electron chi connectivity index (χ4n) is 4.20. The molecule has 13 heteroatoms. The Balaban J connectivity index is 0.00000231. The predicted molar refractivity (Wildman–Crippen MR) is 143 cm³/mol. The molecule has 40 heavy (non-hydrogen) atoms. The molecule has 3 aromatic heterocycles. The van der Waals surface area contributed by atoms with Crippen LogP contribution in [0.25, 0.3) is 22.2 Å². The molecule has 1 amide bonds. The molecule has 0 fully saturated rings. The van der Waals surface area contributed by atoms with Crippen molar-refractivity contribution in [1.29, 1.82) is 0 Å². The van der Waals surface area contributed by atoms with Crippen molar-refractivity contribution in [2.24, 2.45) is 0 Å². The Hall–Kier alpha value is -4.26. The van der Waals surface area contributed by atoms with Crippen molar-refractivity contribution < 1.29 is 37.6 Å². The van der Waals surface area contributed by atoms with E-state index in [1.165, 1.54) is 0 Å². The Morgan fingerprint density at radius 3 is 2.73 bits per heavy atom. The first-order chi connectivity index (χ1) is 18.7. The van der Waals surface area contributed by atoms with Crippen LogP contribution in [0, 0.1) is 5.82 Å². The van der Waals surface area contributed by atoms with Gasteiger partial charge < -0.3 is 14.8 Å². The van der Waals surface area contributed by atoms with Crippen molar-refractivity contribution in [2.45, 2.75) is 36.7 Å². The molecule has 0 saturated heterocycles. The monoisotopic (exact) mass is 576 g/mol. The van der Waals surface area contributed by atoms with Gasteiger partial charge in [-0.05, 0) is 48.9 Å². The number of carbonyl (C=O) groups is 1. The van der Waals surface area contributed by atoms with E-state index in [9.17, 15) is 22.0 Å². The Labute approximate surface area is 229 Å². The normalized spacial score (nSPS) is 15.8. The zero-order chi connectivity index (χ0) is 27.7. The number of hydrogen-bond donors (Lipinski definition) is 1. The van der Waals surface area contributed by atoms with Gasteiger partial charge in [-0.25, -0.2) is 27.2 Å². The second kappa shape index (κ2) is 11.5. The van der Waals surface area contributed by atoms with E-state index < -0.39 is 44.1 Å². The first kappa shape index (κ1) is 28.7. The van der Waals surface area contributed by atoms with E-state index in [1.807, 2.05) is 31.2 Å². The molecule has 4 aromatic rings. The number of aromatic nitrogens is 3. The molecule has 4 heterocycles. The van der Waals surface area contributed by atoms with Gasteiger partial charge in [-0.15, -0.1) is 0 Å². The third-order valence-electron chi connectivity index (χ3n) is 6.32. The number of ether oxygens (including phenoxy) is 2. The van der Waals surface area contributed by atoms with Crippen molar-refractivity contribution >= 4 is 26.6 Å². The van der Waals surface area contributed by atoms with Gasteiger partial charge in [0.15, 0.2) is 11.6 Å². The zero-order valence-electron chi connectivity index (χ0n) is 21.5. The maximum atomic E-state index is 14.6. The van der Waals surface area contributed by atoms with Crippen molar-refractivity contribution in [3.8, 4) is 22.9 Å². The molecule has 0 saturated carbocycles. The second-order valence-corrected chi connectivity index (χ2v) is 10.9. The average molecular weight is 577 g/mol. The minimum absolute atomic E-state index is 0. The number of fused-ring (bicyclic) bond motifs is 2. The Morgan fingerprint density at radius 2 is 1.98 bits per heavy atom. The molecule has 1 aromatic carbocycles. The number of pyridine rings is 3. The quantitative estimate of drug-likeness (QED) is 0.354. The van der Waals surface area contributed by atoms with Crippen LogP contribution in [0.1, 0.15) is 36.5 Å². The second-order valence-electron chi connectivity index (χ2n) is 8.84. The van der Waals surface area contributed by atoms with Gasteiger partial charge in [0.25, 0.3) is 5.91 Å². The standard InChI is InChI=1S/C27H24F2N4O5S.FH.H2/c1-3-17-5-6-19(27(32-17)37-2)21-7-4-15-13-30-18(12-22(15)33-21)14-31-26(34)16-10-20(28)25-23(11-16)39(35,36)24(29)8-9-38-25;;/h4-7,10-13,24H,3,8-9,14H2,1-2H3,(H,31,34);2*1H/t24-;;/m1../s1. The number of rotatable bonds is 6. The molecule has 212 valence electrons. The molecule has 0 unspecified atom stereocenters. The Bertz CT molecular complexity index is 1710. The van der Waals surface area contributed by atoms with E-state index in [4.69, 9.17) is 14.5 Å². The number of aryl methyl sites for hydroxylation is 1. The van der Waals surface area contributed by atoms with Crippen LogP contribution in [0.2, 0.25) is 0 Å². The minimum Gasteiger partial charge on any atom is -0.489 e. The molecule has 0 aliphatic carbocycles. The molecular formula is C27H27F3N4O5S. The van der Waals surface area contributed by atoms with Gasteiger partial charge in [0.1, 0.15) is 4.90 Å². The van der Waals surface area contributed by atoms with Crippen LogP contribution < -0.4 is 14.8 Å². The minimum atomic E-state index is -4.51. The van der Waals surface area contributed by atoms with Gasteiger partial charge in [-0.3, -0.25) is 14.5 Å². The highest BCUT2D eigenvalue weighted by molar-refractivity contribution is 7.92. The highest BCUT2D eigenvalue weighted by Crippen LogP contribution is 2.35. The van der Waals surface area contributed by atoms with Crippen molar-refractivity contribution in [3.05, 3.63) is 71.4 Å². The largest absolute Gasteiger partial charge is 0.489 e. The van der Waals surface area contributed by atoms with Crippen LogP contribution in [-0.2, 0) is 22.8 Å². The number of hydrogen-bond acceptors (Lipinski definition) is 8. The van der Waals surface area contributed by atoms with Crippen LogP contribution in [0.5, 0.6) is 11.6 Å². The predicted octanol–water partition coefficient (Wildman–Crippen LogP) is 4.58. The molecule has 1 aliphatic rings. The van der Waals surface area contributed by atoms with Crippen molar-refractivity contribution in [3.63, 3.8) is 0 Å². The number of amides is 1. The summed E-state index contributed by atoms with van der Waals surface area (Å²) >= 11 is 0. The summed E-state index contributed by atoms with van der Waals surface area (Å²) in [5.74, 6) is -1.95. The Morgan fingerprint density at radius 1 is 1.18 bits per heavy atom. The number of benzene rings is 1. The molecule has 5 rings (SSSR count). The highest BCUT2D eigenvalue weighted by atomic mass is 32.2. The lowest BCUT2D eigenvalue weighted by atomic mass is 10.1.